The molecule has 6 nitrogen and oxygen atoms in total. The molecule has 1 saturated heterocycles. The fraction of sp³-hybridized carbons (Fsp3) is 0.360. The summed E-state index contributed by atoms with van der Waals surface area (Å²) in [5, 5.41) is 22.8. The normalized spacial score (nSPS) is 16.0. The van der Waals surface area contributed by atoms with E-state index in [1.54, 1.807) is 30.5 Å². The molecule has 1 aromatic heterocycles. The number of H-pyrrole nitrogens is 1. The Morgan fingerprint density at radius 2 is 2.00 bits per heavy atom. The molecule has 1 atom stereocenters. The van der Waals surface area contributed by atoms with Crippen LogP contribution in [0.1, 0.15) is 43.9 Å². The van der Waals surface area contributed by atoms with Crippen LogP contribution >= 0.6 is 11.6 Å². The van der Waals surface area contributed by atoms with E-state index in [-0.39, 0.29) is 11.9 Å². The number of hydrogen-bond acceptors (Lipinski definition) is 3. The third kappa shape index (κ3) is 4.32. The summed E-state index contributed by atoms with van der Waals surface area (Å²) in [5.74, 6) is 2.81. The molecule has 2 heterocycles. The van der Waals surface area contributed by atoms with Crippen molar-refractivity contribution in [2.45, 2.75) is 32.8 Å². The number of aliphatic hydroxyl groups excluding tert-OH is 1. The Hall–Kier alpha value is -3.01. The molecule has 7 heteroatoms. The highest BCUT2D eigenvalue weighted by molar-refractivity contribution is 6.31. The van der Waals surface area contributed by atoms with E-state index >= 15 is 0 Å². The van der Waals surface area contributed by atoms with Crippen molar-refractivity contribution < 1.29 is 9.90 Å². The van der Waals surface area contributed by atoms with Gasteiger partial charge < -0.3 is 15.3 Å². The number of hydrogen-bond donors (Lipinski definition) is 3. The van der Waals surface area contributed by atoms with Crippen molar-refractivity contribution >= 4 is 34.2 Å². The number of terminal acetylenes is 1. The van der Waals surface area contributed by atoms with Crippen LogP contribution in [0.5, 0.6) is 0 Å². The smallest absolute Gasteiger partial charge is 0.321 e. The van der Waals surface area contributed by atoms with Crippen LogP contribution in [0.4, 0.5) is 10.5 Å². The first-order valence-corrected chi connectivity index (χ1v) is 11.1. The molecule has 2 amide bonds. The second-order valence-electron chi connectivity index (χ2n) is 8.97. The number of nitrogens with zero attached hydrogens (tertiary/aromatic N) is 2. The molecule has 0 saturated carbocycles. The Morgan fingerprint density at radius 3 is 2.66 bits per heavy atom. The fourth-order valence-electron chi connectivity index (χ4n) is 4.57. The van der Waals surface area contributed by atoms with E-state index in [9.17, 15) is 9.90 Å². The molecule has 0 spiro atoms. The Morgan fingerprint density at radius 1 is 1.31 bits per heavy atom. The van der Waals surface area contributed by atoms with Gasteiger partial charge in [-0.1, -0.05) is 31.4 Å². The molecular weight excluding hydrogens is 424 g/mol. The molecule has 1 aliphatic rings. The van der Waals surface area contributed by atoms with Crippen LogP contribution in [0.2, 0.25) is 5.02 Å². The summed E-state index contributed by atoms with van der Waals surface area (Å²) in [6.07, 6.45) is 7.98. The van der Waals surface area contributed by atoms with Crippen molar-refractivity contribution in [3.63, 3.8) is 0 Å². The summed E-state index contributed by atoms with van der Waals surface area (Å²) in [5.41, 5.74) is 2.65. The zero-order valence-corrected chi connectivity index (χ0v) is 19.0. The van der Waals surface area contributed by atoms with Gasteiger partial charge in [-0.3, -0.25) is 5.10 Å². The van der Waals surface area contributed by atoms with E-state index in [1.807, 2.05) is 17.0 Å². The molecule has 0 radical (unpaired) electrons. The lowest BCUT2D eigenvalue weighted by Gasteiger charge is -2.43. The van der Waals surface area contributed by atoms with Crippen molar-refractivity contribution in [2.75, 3.05) is 18.4 Å². The SMILES string of the molecule is C#Cc1ccc(NC(=O)N2CCC(C(C)(C)C(O)c3cc(Cl)cc4cn[nH]c34)CC2)cc1. The number of benzene rings is 2. The summed E-state index contributed by atoms with van der Waals surface area (Å²) in [7, 11) is 0. The highest BCUT2D eigenvalue weighted by Gasteiger charge is 2.40. The number of aromatic nitrogens is 2. The number of piperidine rings is 1. The molecule has 0 bridgehead atoms. The number of carbonyl (C=O) groups excluding carboxylic acids is 1. The molecule has 4 rings (SSSR count). The Balaban J connectivity index is 1.41. The van der Waals surface area contributed by atoms with E-state index in [2.05, 4.69) is 35.3 Å². The molecular formula is C25H27ClN4O2. The number of likely N-dealkylation sites (tertiary alicyclic amines) is 1. The van der Waals surface area contributed by atoms with Gasteiger partial charge in [0.05, 0.1) is 17.8 Å². The third-order valence-electron chi connectivity index (χ3n) is 6.68. The maximum absolute atomic E-state index is 12.7. The van der Waals surface area contributed by atoms with Crippen molar-refractivity contribution in [2.24, 2.45) is 11.3 Å². The Labute approximate surface area is 193 Å². The lowest BCUT2D eigenvalue weighted by Crippen LogP contribution is -2.45. The minimum absolute atomic E-state index is 0.121. The van der Waals surface area contributed by atoms with Crippen LogP contribution in [-0.2, 0) is 0 Å². The molecule has 0 aliphatic carbocycles. The molecule has 166 valence electrons. The standard InChI is InChI=1S/C25H27ClN4O2/c1-4-16-5-7-20(8-6-16)28-24(32)30-11-9-18(10-12-30)25(2,3)23(31)21-14-19(26)13-17-15-27-29-22(17)21/h1,5-8,13-15,18,23,31H,9-12H2,2-3H3,(H,27,29)(H,28,32). The minimum Gasteiger partial charge on any atom is -0.388 e. The monoisotopic (exact) mass is 450 g/mol. The fourth-order valence-corrected chi connectivity index (χ4v) is 4.80. The van der Waals surface area contributed by atoms with Gasteiger partial charge in [-0.05, 0) is 60.6 Å². The molecule has 2 aromatic carbocycles. The third-order valence-corrected chi connectivity index (χ3v) is 6.90. The molecule has 32 heavy (non-hydrogen) atoms. The number of nitrogens with one attached hydrogen (secondary N) is 2. The predicted octanol–water partition coefficient (Wildman–Crippen LogP) is 5.20. The second kappa shape index (κ2) is 8.85. The van der Waals surface area contributed by atoms with E-state index in [4.69, 9.17) is 18.0 Å². The van der Waals surface area contributed by atoms with Crippen LogP contribution in [0.3, 0.4) is 0 Å². The van der Waals surface area contributed by atoms with Gasteiger partial charge in [-0.15, -0.1) is 6.42 Å². The van der Waals surface area contributed by atoms with Crippen LogP contribution in [0.25, 0.3) is 10.9 Å². The lowest BCUT2D eigenvalue weighted by molar-refractivity contribution is -0.0138. The number of aliphatic hydroxyl groups is 1. The van der Waals surface area contributed by atoms with E-state index in [1.165, 1.54) is 0 Å². The van der Waals surface area contributed by atoms with Gasteiger partial charge in [-0.2, -0.15) is 5.10 Å². The van der Waals surface area contributed by atoms with E-state index in [0.29, 0.717) is 18.1 Å². The Bertz CT molecular complexity index is 1150. The maximum Gasteiger partial charge on any atom is 0.321 e. The first kappa shape index (κ1) is 22.2. The van der Waals surface area contributed by atoms with Gasteiger partial charge in [0.1, 0.15) is 0 Å². The highest BCUT2D eigenvalue weighted by atomic mass is 35.5. The number of amides is 2. The van der Waals surface area contributed by atoms with Gasteiger partial charge in [0.15, 0.2) is 0 Å². The summed E-state index contributed by atoms with van der Waals surface area (Å²) in [6, 6.07) is 10.7. The molecule has 1 aliphatic heterocycles. The molecule has 3 aromatic rings. The molecule has 3 N–H and O–H groups in total. The van der Waals surface area contributed by atoms with E-state index in [0.717, 1.165) is 40.6 Å². The number of carbonyl (C=O) groups is 1. The minimum atomic E-state index is -0.718. The number of fused-ring (bicyclic) bond motifs is 1. The van der Waals surface area contributed by atoms with Crippen LogP contribution in [0, 0.1) is 23.7 Å². The largest absolute Gasteiger partial charge is 0.388 e. The van der Waals surface area contributed by atoms with Crippen molar-refractivity contribution in [1.29, 1.82) is 0 Å². The number of halogens is 1. The first-order valence-electron chi connectivity index (χ1n) is 10.7. The summed E-state index contributed by atoms with van der Waals surface area (Å²) in [4.78, 5) is 14.5. The Kier molecular flexibility index (Phi) is 6.14. The summed E-state index contributed by atoms with van der Waals surface area (Å²) in [6.45, 7) is 5.41. The second-order valence-corrected chi connectivity index (χ2v) is 9.40. The molecule has 1 fully saturated rings. The van der Waals surface area contributed by atoms with Crippen LogP contribution < -0.4 is 5.32 Å². The van der Waals surface area contributed by atoms with Crippen LogP contribution in [0.15, 0.2) is 42.6 Å². The van der Waals surface area contributed by atoms with Gasteiger partial charge in [0, 0.05) is 40.3 Å². The molecule has 1 unspecified atom stereocenters. The average Bonchev–Trinajstić information content (AvgIpc) is 3.27. The summed E-state index contributed by atoms with van der Waals surface area (Å²) < 4.78 is 0. The quantitative estimate of drug-likeness (QED) is 0.478. The van der Waals surface area contributed by atoms with Gasteiger partial charge >= 0.3 is 6.03 Å². The first-order chi connectivity index (χ1) is 15.3. The van der Waals surface area contributed by atoms with Crippen molar-refractivity contribution in [3.05, 3.63) is 58.7 Å². The number of urea groups is 1. The van der Waals surface area contributed by atoms with Gasteiger partial charge in [0.2, 0.25) is 0 Å². The maximum atomic E-state index is 12.7. The zero-order valence-electron chi connectivity index (χ0n) is 18.2. The van der Waals surface area contributed by atoms with Crippen molar-refractivity contribution in [1.82, 2.24) is 15.1 Å². The lowest BCUT2D eigenvalue weighted by atomic mass is 9.68. The number of rotatable bonds is 4. The average molecular weight is 451 g/mol. The van der Waals surface area contributed by atoms with Gasteiger partial charge in [0.25, 0.3) is 0 Å². The highest BCUT2D eigenvalue weighted by Crippen LogP contribution is 2.46. The van der Waals surface area contributed by atoms with Crippen LogP contribution in [-0.4, -0.2) is 39.3 Å². The van der Waals surface area contributed by atoms with Gasteiger partial charge in [-0.25, -0.2) is 4.79 Å². The summed E-state index contributed by atoms with van der Waals surface area (Å²) >= 11 is 6.28. The zero-order chi connectivity index (χ0) is 22.9. The predicted molar refractivity (Wildman–Crippen MR) is 128 cm³/mol. The topological polar surface area (TPSA) is 81.2 Å². The number of aromatic amines is 1. The number of anilines is 1. The van der Waals surface area contributed by atoms with Crippen molar-refractivity contribution in [3.8, 4) is 12.3 Å². The van der Waals surface area contributed by atoms with E-state index < -0.39 is 11.5 Å².